The van der Waals surface area contributed by atoms with Gasteiger partial charge >= 0.3 is 0 Å². The summed E-state index contributed by atoms with van der Waals surface area (Å²) in [5.74, 6) is 0.0630. The van der Waals surface area contributed by atoms with E-state index in [-0.39, 0.29) is 12.3 Å². The van der Waals surface area contributed by atoms with Crippen LogP contribution in [0.1, 0.15) is 20.9 Å². The molecule has 18 heavy (non-hydrogen) atoms. The Morgan fingerprint density at radius 3 is 2.56 bits per heavy atom. The fourth-order valence-corrected chi connectivity index (χ4v) is 2.52. The molecule has 0 aliphatic heterocycles. The van der Waals surface area contributed by atoms with Crippen LogP contribution in [0, 0.1) is 13.8 Å². The molecule has 0 aliphatic carbocycles. The van der Waals surface area contributed by atoms with Gasteiger partial charge in [0.05, 0.1) is 12.2 Å². The number of halogens is 1. The second-order valence-electron chi connectivity index (χ2n) is 3.94. The molecule has 1 heterocycles. The third-order valence-electron chi connectivity index (χ3n) is 2.59. The summed E-state index contributed by atoms with van der Waals surface area (Å²) in [5.41, 5.74) is 1.72. The quantitative estimate of drug-likeness (QED) is 0.869. The van der Waals surface area contributed by atoms with Crippen LogP contribution in [-0.2, 0) is 0 Å². The molecular formula is C13H13BrN2OS. The molecule has 0 radical (unpaired) electrons. The number of nitrogens with one attached hydrogen (secondary N) is 1. The number of carbonyl (C=O) groups is 1. The van der Waals surface area contributed by atoms with Gasteiger partial charge in [0.25, 0.3) is 0 Å². The van der Waals surface area contributed by atoms with Crippen LogP contribution in [0.15, 0.2) is 28.7 Å². The first-order chi connectivity index (χ1) is 8.56. The zero-order valence-corrected chi connectivity index (χ0v) is 12.6. The van der Waals surface area contributed by atoms with Crippen molar-refractivity contribution in [2.45, 2.75) is 13.8 Å². The highest BCUT2D eigenvalue weighted by Crippen LogP contribution is 2.21. The molecule has 0 amide bonds. The lowest BCUT2D eigenvalue weighted by Crippen LogP contribution is -2.13. The van der Waals surface area contributed by atoms with E-state index < -0.39 is 0 Å². The SMILES string of the molecule is Cc1nc(NCC(=O)c2ccc(Br)cc2)sc1C. The molecule has 1 aromatic carbocycles. The molecule has 0 aliphatic rings. The molecule has 94 valence electrons. The van der Waals surface area contributed by atoms with Crippen LogP contribution in [0.25, 0.3) is 0 Å². The minimum absolute atomic E-state index is 0.0630. The lowest BCUT2D eigenvalue weighted by molar-refractivity contribution is 0.101. The van der Waals surface area contributed by atoms with E-state index in [0.29, 0.717) is 5.56 Å². The zero-order chi connectivity index (χ0) is 13.1. The Labute approximate surface area is 118 Å². The fraction of sp³-hybridized carbons (Fsp3) is 0.231. The lowest BCUT2D eigenvalue weighted by atomic mass is 10.1. The zero-order valence-electron chi connectivity index (χ0n) is 10.2. The Kier molecular flexibility index (Phi) is 4.14. The van der Waals surface area contributed by atoms with Gasteiger partial charge in [0.1, 0.15) is 0 Å². The summed E-state index contributed by atoms with van der Waals surface area (Å²) in [5, 5.41) is 3.87. The van der Waals surface area contributed by atoms with Crippen molar-refractivity contribution in [3.05, 3.63) is 44.9 Å². The van der Waals surface area contributed by atoms with Gasteiger partial charge in [-0.25, -0.2) is 4.98 Å². The maximum atomic E-state index is 11.9. The highest BCUT2D eigenvalue weighted by Gasteiger charge is 2.08. The van der Waals surface area contributed by atoms with Crippen molar-refractivity contribution in [3.63, 3.8) is 0 Å². The van der Waals surface area contributed by atoms with Crippen LogP contribution in [0.4, 0.5) is 5.13 Å². The van der Waals surface area contributed by atoms with Crippen molar-refractivity contribution in [2.24, 2.45) is 0 Å². The number of anilines is 1. The van der Waals surface area contributed by atoms with E-state index in [0.717, 1.165) is 15.3 Å². The molecule has 0 saturated carbocycles. The van der Waals surface area contributed by atoms with Crippen LogP contribution in [0.2, 0.25) is 0 Å². The third kappa shape index (κ3) is 3.17. The normalized spacial score (nSPS) is 10.4. The van der Waals surface area contributed by atoms with Crippen LogP contribution in [0.5, 0.6) is 0 Å². The van der Waals surface area contributed by atoms with Crippen LogP contribution in [-0.4, -0.2) is 17.3 Å². The minimum Gasteiger partial charge on any atom is -0.354 e. The number of rotatable bonds is 4. The van der Waals surface area contributed by atoms with E-state index in [1.807, 2.05) is 38.1 Å². The van der Waals surface area contributed by atoms with Crippen molar-refractivity contribution in [1.29, 1.82) is 0 Å². The standard InChI is InChI=1S/C13H13BrN2OS/c1-8-9(2)18-13(16-8)15-7-12(17)10-3-5-11(14)6-4-10/h3-6H,7H2,1-2H3,(H,15,16). The van der Waals surface area contributed by atoms with Crippen molar-refractivity contribution >= 4 is 38.2 Å². The summed E-state index contributed by atoms with van der Waals surface area (Å²) in [7, 11) is 0. The number of aromatic nitrogens is 1. The van der Waals surface area contributed by atoms with E-state index in [2.05, 4.69) is 26.2 Å². The monoisotopic (exact) mass is 324 g/mol. The van der Waals surface area contributed by atoms with E-state index in [1.54, 1.807) is 11.3 Å². The van der Waals surface area contributed by atoms with Crippen LogP contribution in [0.3, 0.4) is 0 Å². The number of aryl methyl sites for hydroxylation is 2. The first kappa shape index (κ1) is 13.2. The van der Waals surface area contributed by atoms with E-state index in [9.17, 15) is 4.79 Å². The third-order valence-corrected chi connectivity index (χ3v) is 4.15. The molecule has 0 saturated heterocycles. The number of hydrogen-bond acceptors (Lipinski definition) is 4. The number of thiazole rings is 1. The van der Waals surface area contributed by atoms with Gasteiger partial charge in [0.15, 0.2) is 10.9 Å². The molecule has 2 rings (SSSR count). The number of benzene rings is 1. The first-order valence-electron chi connectivity index (χ1n) is 5.53. The Morgan fingerprint density at radius 1 is 1.33 bits per heavy atom. The van der Waals surface area contributed by atoms with E-state index >= 15 is 0 Å². The summed E-state index contributed by atoms with van der Waals surface area (Å²) in [6.07, 6.45) is 0. The fourth-order valence-electron chi connectivity index (χ4n) is 1.44. The summed E-state index contributed by atoms with van der Waals surface area (Å²) >= 11 is 4.92. The molecule has 0 fully saturated rings. The Hall–Kier alpha value is -1.20. The van der Waals surface area contributed by atoms with Crippen LogP contribution >= 0.6 is 27.3 Å². The molecule has 0 atom stereocenters. The molecule has 2 aromatic rings. The van der Waals surface area contributed by atoms with Crippen molar-refractivity contribution in [2.75, 3.05) is 11.9 Å². The number of nitrogens with zero attached hydrogens (tertiary/aromatic N) is 1. The molecule has 3 nitrogen and oxygen atoms in total. The molecule has 5 heteroatoms. The molecule has 0 spiro atoms. The average Bonchev–Trinajstić information content (AvgIpc) is 2.67. The number of ketones is 1. The summed E-state index contributed by atoms with van der Waals surface area (Å²) in [6, 6.07) is 7.36. The van der Waals surface area contributed by atoms with Gasteiger partial charge in [-0.3, -0.25) is 4.79 Å². The largest absolute Gasteiger partial charge is 0.354 e. The van der Waals surface area contributed by atoms with Gasteiger partial charge in [0, 0.05) is 14.9 Å². The molecule has 0 unspecified atom stereocenters. The van der Waals surface area contributed by atoms with Gasteiger partial charge in [-0.2, -0.15) is 0 Å². The molecule has 1 aromatic heterocycles. The maximum absolute atomic E-state index is 11.9. The summed E-state index contributed by atoms with van der Waals surface area (Å²) in [4.78, 5) is 17.4. The summed E-state index contributed by atoms with van der Waals surface area (Å²) < 4.78 is 0.971. The van der Waals surface area contributed by atoms with Crippen molar-refractivity contribution < 1.29 is 4.79 Å². The number of Topliss-reactive ketones (excluding diaryl/α,β-unsaturated/α-hetero) is 1. The minimum atomic E-state index is 0.0630. The van der Waals surface area contributed by atoms with Gasteiger partial charge in [-0.05, 0) is 26.0 Å². The number of carbonyl (C=O) groups excluding carboxylic acids is 1. The topological polar surface area (TPSA) is 42.0 Å². The predicted octanol–water partition coefficient (Wildman–Crippen LogP) is 3.82. The van der Waals surface area contributed by atoms with Gasteiger partial charge in [-0.15, -0.1) is 11.3 Å². The van der Waals surface area contributed by atoms with E-state index in [4.69, 9.17) is 0 Å². The summed E-state index contributed by atoms with van der Waals surface area (Å²) in [6.45, 7) is 4.26. The number of hydrogen-bond donors (Lipinski definition) is 1. The van der Waals surface area contributed by atoms with Crippen molar-refractivity contribution in [3.8, 4) is 0 Å². The first-order valence-corrected chi connectivity index (χ1v) is 7.14. The van der Waals surface area contributed by atoms with Gasteiger partial charge < -0.3 is 5.32 Å². The van der Waals surface area contributed by atoms with Gasteiger partial charge in [0.2, 0.25) is 0 Å². The lowest BCUT2D eigenvalue weighted by Gasteiger charge is -2.02. The molecule has 0 bridgehead atoms. The highest BCUT2D eigenvalue weighted by molar-refractivity contribution is 9.10. The second kappa shape index (κ2) is 5.63. The average molecular weight is 325 g/mol. The Morgan fingerprint density at radius 2 is 2.00 bits per heavy atom. The predicted molar refractivity (Wildman–Crippen MR) is 78.6 cm³/mol. The Balaban J connectivity index is 1.98. The van der Waals surface area contributed by atoms with E-state index in [1.165, 1.54) is 4.88 Å². The second-order valence-corrected chi connectivity index (χ2v) is 6.06. The van der Waals surface area contributed by atoms with Crippen molar-refractivity contribution in [1.82, 2.24) is 4.98 Å². The smallest absolute Gasteiger partial charge is 0.183 e. The molecular weight excluding hydrogens is 312 g/mol. The molecule has 1 N–H and O–H groups in total. The van der Waals surface area contributed by atoms with Gasteiger partial charge in [-0.1, -0.05) is 28.1 Å². The van der Waals surface area contributed by atoms with Crippen LogP contribution < -0.4 is 5.32 Å². The highest BCUT2D eigenvalue weighted by atomic mass is 79.9. The maximum Gasteiger partial charge on any atom is 0.183 e. The Bertz CT molecular complexity index is 543.